The molecule has 1 aromatic rings. The molecule has 0 aromatic carbocycles. The van der Waals surface area contributed by atoms with E-state index < -0.39 is 11.7 Å². The summed E-state index contributed by atoms with van der Waals surface area (Å²) in [5.74, 6) is 0.631. The van der Waals surface area contributed by atoms with Crippen LogP contribution in [-0.4, -0.2) is 23.6 Å². The number of halogens is 3. The highest BCUT2D eigenvalue weighted by Gasteiger charge is 2.51. The molecule has 1 aliphatic carbocycles. The summed E-state index contributed by atoms with van der Waals surface area (Å²) in [6, 6.07) is 1.86. The molecule has 6 heteroatoms. The molecule has 0 radical (unpaired) electrons. The molecular weight excluding hydrogens is 255 g/mol. The van der Waals surface area contributed by atoms with E-state index in [0.29, 0.717) is 24.2 Å². The average Bonchev–Trinajstić information content (AvgIpc) is 3.01. The van der Waals surface area contributed by atoms with Gasteiger partial charge in [0, 0.05) is 18.3 Å². The van der Waals surface area contributed by atoms with Crippen molar-refractivity contribution >= 4 is 5.69 Å². The lowest BCUT2D eigenvalue weighted by Crippen LogP contribution is -2.34. The van der Waals surface area contributed by atoms with E-state index in [1.54, 1.807) is 0 Å². The van der Waals surface area contributed by atoms with Crippen molar-refractivity contribution in [2.24, 2.45) is 11.7 Å². The Morgan fingerprint density at radius 1 is 1.32 bits per heavy atom. The van der Waals surface area contributed by atoms with Crippen LogP contribution in [0.4, 0.5) is 18.9 Å². The van der Waals surface area contributed by atoms with Gasteiger partial charge in [-0.25, -0.2) is 0 Å². The number of pyridine rings is 1. The van der Waals surface area contributed by atoms with Gasteiger partial charge in [-0.05, 0) is 37.8 Å². The van der Waals surface area contributed by atoms with Crippen molar-refractivity contribution in [1.29, 1.82) is 0 Å². The number of hydrogen-bond donors (Lipinski definition) is 1. The highest BCUT2D eigenvalue weighted by molar-refractivity contribution is 5.52. The maximum Gasteiger partial charge on any atom is 0.417 e. The normalized spacial score (nSPS) is 29.5. The molecule has 19 heavy (non-hydrogen) atoms. The SMILES string of the molecule is NCCC1CC2CC2N1c1cncc(C(F)(F)F)c1. The minimum Gasteiger partial charge on any atom is -0.364 e. The molecule has 1 aromatic heterocycles. The third kappa shape index (κ3) is 2.29. The van der Waals surface area contributed by atoms with Crippen LogP contribution < -0.4 is 10.6 Å². The zero-order chi connectivity index (χ0) is 13.6. The van der Waals surface area contributed by atoms with Gasteiger partial charge < -0.3 is 10.6 Å². The van der Waals surface area contributed by atoms with E-state index in [9.17, 15) is 13.2 Å². The number of fused-ring (bicyclic) bond motifs is 1. The third-order valence-electron chi connectivity index (χ3n) is 4.06. The number of alkyl halides is 3. The Balaban J connectivity index is 1.88. The van der Waals surface area contributed by atoms with Crippen molar-refractivity contribution in [2.75, 3.05) is 11.4 Å². The topological polar surface area (TPSA) is 42.1 Å². The Hall–Kier alpha value is -1.30. The monoisotopic (exact) mass is 271 g/mol. The third-order valence-corrected chi connectivity index (χ3v) is 4.06. The van der Waals surface area contributed by atoms with Crippen molar-refractivity contribution in [3.05, 3.63) is 24.0 Å². The van der Waals surface area contributed by atoms with Gasteiger partial charge in [0.1, 0.15) is 0 Å². The quantitative estimate of drug-likeness (QED) is 0.918. The maximum atomic E-state index is 12.7. The Bertz CT molecular complexity index is 474. The largest absolute Gasteiger partial charge is 0.417 e. The maximum absolute atomic E-state index is 12.7. The van der Waals surface area contributed by atoms with Gasteiger partial charge in [-0.15, -0.1) is 0 Å². The van der Waals surface area contributed by atoms with Gasteiger partial charge in [-0.1, -0.05) is 0 Å². The number of aromatic nitrogens is 1. The summed E-state index contributed by atoms with van der Waals surface area (Å²) in [6.07, 6.45) is 1.01. The molecule has 3 unspecified atom stereocenters. The van der Waals surface area contributed by atoms with E-state index in [1.807, 2.05) is 0 Å². The van der Waals surface area contributed by atoms with Gasteiger partial charge in [0.15, 0.2) is 0 Å². The summed E-state index contributed by atoms with van der Waals surface area (Å²) >= 11 is 0. The molecule has 0 amide bonds. The summed E-state index contributed by atoms with van der Waals surface area (Å²) in [7, 11) is 0. The first-order valence-electron chi connectivity index (χ1n) is 6.51. The predicted octanol–water partition coefficient (Wildman–Crippen LogP) is 2.42. The molecule has 3 rings (SSSR count). The molecule has 2 N–H and O–H groups in total. The lowest BCUT2D eigenvalue weighted by atomic mass is 10.1. The van der Waals surface area contributed by atoms with Crippen LogP contribution in [0.3, 0.4) is 0 Å². The molecule has 3 nitrogen and oxygen atoms in total. The molecule has 0 spiro atoms. The van der Waals surface area contributed by atoms with Crippen molar-refractivity contribution in [3.8, 4) is 0 Å². The van der Waals surface area contributed by atoms with Gasteiger partial charge in [0.05, 0.1) is 17.4 Å². The van der Waals surface area contributed by atoms with Crippen LogP contribution in [0.5, 0.6) is 0 Å². The van der Waals surface area contributed by atoms with Gasteiger partial charge in [0.25, 0.3) is 0 Å². The highest BCUT2D eigenvalue weighted by atomic mass is 19.4. The zero-order valence-corrected chi connectivity index (χ0v) is 10.4. The lowest BCUT2D eigenvalue weighted by Gasteiger charge is -2.29. The summed E-state index contributed by atoms with van der Waals surface area (Å²) < 4.78 is 38.2. The summed E-state index contributed by atoms with van der Waals surface area (Å²) in [5, 5.41) is 0. The highest BCUT2D eigenvalue weighted by Crippen LogP contribution is 2.50. The lowest BCUT2D eigenvalue weighted by molar-refractivity contribution is -0.137. The molecule has 2 fully saturated rings. The van der Waals surface area contributed by atoms with Crippen LogP contribution in [0.25, 0.3) is 0 Å². The number of hydrogen-bond acceptors (Lipinski definition) is 3. The van der Waals surface area contributed by atoms with E-state index in [2.05, 4.69) is 9.88 Å². The predicted molar refractivity (Wildman–Crippen MR) is 65.7 cm³/mol. The second-order valence-electron chi connectivity index (χ2n) is 5.37. The Morgan fingerprint density at radius 3 is 2.79 bits per heavy atom. The minimum absolute atomic E-state index is 0.263. The first kappa shape index (κ1) is 12.7. The van der Waals surface area contributed by atoms with Crippen molar-refractivity contribution in [2.45, 2.75) is 37.5 Å². The van der Waals surface area contributed by atoms with Crippen LogP contribution in [0.15, 0.2) is 18.5 Å². The molecule has 104 valence electrons. The fourth-order valence-corrected chi connectivity index (χ4v) is 3.14. The first-order chi connectivity index (χ1) is 9.00. The number of piperidine rings is 1. The van der Waals surface area contributed by atoms with Crippen LogP contribution in [0.2, 0.25) is 0 Å². The van der Waals surface area contributed by atoms with E-state index in [1.165, 1.54) is 12.3 Å². The van der Waals surface area contributed by atoms with E-state index in [0.717, 1.165) is 25.5 Å². The first-order valence-corrected chi connectivity index (χ1v) is 6.51. The fourth-order valence-electron chi connectivity index (χ4n) is 3.14. The second kappa shape index (κ2) is 4.37. The van der Waals surface area contributed by atoms with E-state index in [-0.39, 0.29) is 6.04 Å². The molecule has 0 bridgehead atoms. The number of anilines is 1. The Kier molecular flexibility index (Phi) is 2.92. The van der Waals surface area contributed by atoms with Crippen LogP contribution in [-0.2, 0) is 6.18 Å². The molecule has 3 atom stereocenters. The minimum atomic E-state index is -4.34. The van der Waals surface area contributed by atoms with E-state index >= 15 is 0 Å². The molecular formula is C13H16F3N3. The zero-order valence-electron chi connectivity index (χ0n) is 10.4. The molecule has 1 aliphatic heterocycles. The van der Waals surface area contributed by atoms with Crippen LogP contribution in [0, 0.1) is 5.92 Å². The van der Waals surface area contributed by atoms with Gasteiger partial charge in [-0.3, -0.25) is 4.98 Å². The molecule has 2 aliphatic rings. The Labute approximate surface area is 109 Å². The molecule has 1 saturated carbocycles. The Morgan fingerprint density at radius 2 is 2.11 bits per heavy atom. The number of rotatable bonds is 3. The van der Waals surface area contributed by atoms with Gasteiger partial charge in [-0.2, -0.15) is 13.2 Å². The van der Waals surface area contributed by atoms with Gasteiger partial charge in [0.2, 0.25) is 0 Å². The summed E-state index contributed by atoms with van der Waals surface area (Å²) in [4.78, 5) is 5.85. The smallest absolute Gasteiger partial charge is 0.364 e. The van der Waals surface area contributed by atoms with Gasteiger partial charge >= 0.3 is 6.18 Å². The summed E-state index contributed by atoms with van der Waals surface area (Å²) in [5.41, 5.74) is 5.49. The van der Waals surface area contributed by atoms with Crippen LogP contribution in [0.1, 0.15) is 24.8 Å². The van der Waals surface area contributed by atoms with E-state index in [4.69, 9.17) is 5.73 Å². The summed E-state index contributed by atoms with van der Waals surface area (Å²) in [6.45, 7) is 0.562. The standard InChI is InChI=1S/C13H16F3N3/c14-13(15,16)9-5-11(7-18-6-9)19-10(1-2-17)3-8-4-12(8)19/h5-8,10,12H,1-4,17H2. The second-order valence-corrected chi connectivity index (χ2v) is 5.37. The van der Waals surface area contributed by atoms with Crippen molar-refractivity contribution < 1.29 is 13.2 Å². The number of nitrogens with two attached hydrogens (primary N) is 1. The number of nitrogens with zero attached hydrogens (tertiary/aromatic N) is 2. The molecule has 1 saturated heterocycles. The molecule has 2 heterocycles. The fraction of sp³-hybridized carbons (Fsp3) is 0.615. The van der Waals surface area contributed by atoms with Crippen molar-refractivity contribution in [1.82, 2.24) is 4.98 Å². The van der Waals surface area contributed by atoms with Crippen LogP contribution >= 0.6 is 0 Å². The average molecular weight is 271 g/mol. The van der Waals surface area contributed by atoms with Crippen molar-refractivity contribution in [3.63, 3.8) is 0 Å².